The minimum atomic E-state index is 0.0677. The second kappa shape index (κ2) is 7.28. The van der Waals surface area contributed by atoms with Crippen molar-refractivity contribution in [1.29, 1.82) is 0 Å². The summed E-state index contributed by atoms with van der Waals surface area (Å²) >= 11 is 0. The number of rotatable bonds is 2. The molecule has 1 atom stereocenters. The standard InChI is InChI=1S/C18H28N4O/c1-14-8-7-11-22(13-14)17(23)16-12-15(2)19-18(20-16)21-9-5-3-4-6-10-21/h12,14H,3-11,13H2,1-2H3/t14-/m0/s1. The molecule has 2 fully saturated rings. The van der Waals surface area contributed by atoms with Crippen molar-refractivity contribution in [3.63, 3.8) is 0 Å². The van der Waals surface area contributed by atoms with Gasteiger partial charge in [0, 0.05) is 31.9 Å². The van der Waals surface area contributed by atoms with E-state index >= 15 is 0 Å². The molecule has 0 bridgehead atoms. The summed E-state index contributed by atoms with van der Waals surface area (Å²) in [7, 11) is 0. The van der Waals surface area contributed by atoms with Gasteiger partial charge < -0.3 is 9.80 Å². The van der Waals surface area contributed by atoms with Gasteiger partial charge in [0.2, 0.25) is 5.95 Å². The topological polar surface area (TPSA) is 49.3 Å². The Hall–Kier alpha value is -1.65. The number of piperidine rings is 1. The van der Waals surface area contributed by atoms with Crippen LogP contribution in [0.25, 0.3) is 0 Å². The molecule has 126 valence electrons. The van der Waals surface area contributed by atoms with Crippen molar-refractivity contribution in [2.75, 3.05) is 31.1 Å². The van der Waals surface area contributed by atoms with Crippen molar-refractivity contribution in [2.45, 2.75) is 52.4 Å². The number of hydrogen-bond donors (Lipinski definition) is 0. The molecule has 0 aromatic carbocycles. The molecule has 0 spiro atoms. The smallest absolute Gasteiger partial charge is 0.272 e. The Kier molecular flexibility index (Phi) is 5.13. The molecule has 5 nitrogen and oxygen atoms in total. The van der Waals surface area contributed by atoms with Crippen molar-refractivity contribution in [3.8, 4) is 0 Å². The second-order valence-electron chi connectivity index (χ2n) is 7.09. The minimum absolute atomic E-state index is 0.0677. The molecule has 2 saturated heterocycles. The number of anilines is 1. The first-order valence-corrected chi connectivity index (χ1v) is 9.03. The highest BCUT2D eigenvalue weighted by Crippen LogP contribution is 2.20. The highest BCUT2D eigenvalue weighted by Gasteiger charge is 2.24. The first-order valence-electron chi connectivity index (χ1n) is 9.03. The minimum Gasteiger partial charge on any atom is -0.341 e. The molecule has 23 heavy (non-hydrogen) atoms. The number of carbonyl (C=O) groups is 1. The molecule has 0 N–H and O–H groups in total. The highest BCUT2D eigenvalue weighted by atomic mass is 16.2. The summed E-state index contributed by atoms with van der Waals surface area (Å²) < 4.78 is 0. The molecule has 3 heterocycles. The van der Waals surface area contributed by atoms with Gasteiger partial charge >= 0.3 is 0 Å². The van der Waals surface area contributed by atoms with Gasteiger partial charge in [-0.1, -0.05) is 19.8 Å². The Morgan fingerprint density at radius 3 is 2.52 bits per heavy atom. The van der Waals surface area contributed by atoms with E-state index in [1.165, 1.54) is 32.1 Å². The zero-order valence-electron chi connectivity index (χ0n) is 14.4. The lowest BCUT2D eigenvalue weighted by Gasteiger charge is -2.31. The van der Waals surface area contributed by atoms with Gasteiger partial charge in [0.1, 0.15) is 5.69 Å². The summed E-state index contributed by atoms with van der Waals surface area (Å²) in [4.78, 5) is 26.2. The first kappa shape index (κ1) is 16.2. The van der Waals surface area contributed by atoms with Crippen LogP contribution in [0.3, 0.4) is 0 Å². The SMILES string of the molecule is Cc1cc(C(=O)N2CCC[C@H](C)C2)nc(N2CCCCCC2)n1. The van der Waals surface area contributed by atoms with Gasteiger partial charge in [-0.05, 0) is 44.6 Å². The van der Waals surface area contributed by atoms with Gasteiger partial charge in [-0.3, -0.25) is 4.79 Å². The van der Waals surface area contributed by atoms with E-state index in [9.17, 15) is 4.79 Å². The maximum Gasteiger partial charge on any atom is 0.272 e. The van der Waals surface area contributed by atoms with E-state index in [4.69, 9.17) is 0 Å². The number of likely N-dealkylation sites (tertiary alicyclic amines) is 1. The Morgan fingerprint density at radius 1 is 1.09 bits per heavy atom. The molecule has 0 unspecified atom stereocenters. The fourth-order valence-corrected chi connectivity index (χ4v) is 3.61. The molecule has 1 aromatic rings. The lowest BCUT2D eigenvalue weighted by molar-refractivity contribution is 0.0677. The highest BCUT2D eigenvalue weighted by molar-refractivity contribution is 5.92. The summed E-state index contributed by atoms with van der Waals surface area (Å²) in [5, 5.41) is 0. The van der Waals surface area contributed by atoms with Crippen molar-refractivity contribution >= 4 is 11.9 Å². The average Bonchev–Trinajstić information content (AvgIpc) is 2.83. The number of aromatic nitrogens is 2. The number of nitrogens with zero attached hydrogens (tertiary/aromatic N) is 4. The second-order valence-corrected chi connectivity index (χ2v) is 7.09. The molecule has 0 aliphatic carbocycles. The summed E-state index contributed by atoms with van der Waals surface area (Å²) in [5.41, 5.74) is 1.44. The Labute approximate surface area is 139 Å². The molecular formula is C18H28N4O. The van der Waals surface area contributed by atoms with Crippen molar-refractivity contribution in [2.24, 2.45) is 5.92 Å². The van der Waals surface area contributed by atoms with Gasteiger partial charge in [-0.2, -0.15) is 0 Å². The molecule has 2 aliphatic rings. The fraction of sp³-hybridized carbons (Fsp3) is 0.722. The Balaban J connectivity index is 1.80. The van der Waals surface area contributed by atoms with Gasteiger partial charge in [0.05, 0.1) is 0 Å². The summed E-state index contributed by atoms with van der Waals surface area (Å²) in [6, 6.07) is 1.84. The summed E-state index contributed by atoms with van der Waals surface area (Å²) in [6.07, 6.45) is 7.23. The monoisotopic (exact) mass is 316 g/mol. The molecule has 5 heteroatoms. The van der Waals surface area contributed by atoms with E-state index in [1.807, 2.05) is 17.9 Å². The molecular weight excluding hydrogens is 288 g/mol. The van der Waals surface area contributed by atoms with E-state index in [0.717, 1.165) is 44.2 Å². The van der Waals surface area contributed by atoms with E-state index in [-0.39, 0.29) is 5.91 Å². The molecule has 1 aromatic heterocycles. The number of amides is 1. The maximum absolute atomic E-state index is 12.8. The Bertz CT molecular complexity index is 552. The third-order valence-corrected chi connectivity index (χ3v) is 4.89. The predicted octanol–water partition coefficient (Wildman–Crippen LogP) is 3.04. The number of aryl methyl sites for hydroxylation is 1. The van der Waals surface area contributed by atoms with Crippen LogP contribution in [0.1, 0.15) is 61.6 Å². The van der Waals surface area contributed by atoms with Gasteiger partial charge in [0.25, 0.3) is 5.91 Å². The van der Waals surface area contributed by atoms with Crippen molar-refractivity contribution in [3.05, 3.63) is 17.5 Å². The maximum atomic E-state index is 12.8. The molecule has 1 amide bonds. The lowest BCUT2D eigenvalue weighted by Crippen LogP contribution is -2.39. The Morgan fingerprint density at radius 2 is 1.83 bits per heavy atom. The van der Waals surface area contributed by atoms with E-state index in [0.29, 0.717) is 11.6 Å². The van der Waals surface area contributed by atoms with Crippen LogP contribution in [-0.4, -0.2) is 47.0 Å². The van der Waals surface area contributed by atoms with Crippen LogP contribution in [0.4, 0.5) is 5.95 Å². The fourth-order valence-electron chi connectivity index (χ4n) is 3.61. The van der Waals surface area contributed by atoms with Crippen LogP contribution < -0.4 is 4.90 Å². The zero-order valence-corrected chi connectivity index (χ0v) is 14.4. The third-order valence-electron chi connectivity index (χ3n) is 4.89. The zero-order chi connectivity index (χ0) is 16.2. The van der Waals surface area contributed by atoms with Crippen LogP contribution in [0, 0.1) is 12.8 Å². The van der Waals surface area contributed by atoms with Crippen LogP contribution in [0.2, 0.25) is 0 Å². The van der Waals surface area contributed by atoms with Crippen LogP contribution in [0.5, 0.6) is 0 Å². The molecule has 0 radical (unpaired) electrons. The number of carbonyl (C=O) groups excluding carboxylic acids is 1. The predicted molar refractivity (Wildman–Crippen MR) is 91.8 cm³/mol. The van der Waals surface area contributed by atoms with E-state index < -0.39 is 0 Å². The van der Waals surface area contributed by atoms with Crippen molar-refractivity contribution in [1.82, 2.24) is 14.9 Å². The molecule has 2 aliphatic heterocycles. The van der Waals surface area contributed by atoms with Crippen LogP contribution >= 0.6 is 0 Å². The quantitative estimate of drug-likeness (QED) is 0.841. The lowest BCUT2D eigenvalue weighted by atomic mass is 10.00. The first-order chi connectivity index (χ1) is 11.1. The van der Waals surface area contributed by atoms with Crippen LogP contribution in [0.15, 0.2) is 6.07 Å². The third kappa shape index (κ3) is 4.01. The van der Waals surface area contributed by atoms with Gasteiger partial charge in [-0.25, -0.2) is 9.97 Å². The molecule has 3 rings (SSSR count). The van der Waals surface area contributed by atoms with Gasteiger partial charge in [-0.15, -0.1) is 0 Å². The normalized spacial score (nSPS) is 22.8. The number of hydrogen-bond acceptors (Lipinski definition) is 4. The summed E-state index contributed by atoms with van der Waals surface area (Å²) in [5.74, 6) is 1.39. The average molecular weight is 316 g/mol. The van der Waals surface area contributed by atoms with Gasteiger partial charge in [0.15, 0.2) is 0 Å². The summed E-state index contributed by atoms with van der Waals surface area (Å²) in [6.45, 7) is 7.87. The van der Waals surface area contributed by atoms with E-state index in [2.05, 4.69) is 21.8 Å². The van der Waals surface area contributed by atoms with E-state index in [1.54, 1.807) is 0 Å². The van der Waals surface area contributed by atoms with Crippen molar-refractivity contribution < 1.29 is 4.79 Å². The largest absolute Gasteiger partial charge is 0.341 e. The van der Waals surface area contributed by atoms with Crippen LogP contribution in [-0.2, 0) is 0 Å². The molecule has 0 saturated carbocycles.